The Balaban J connectivity index is 1.48. The Hall–Kier alpha value is -0.380. The van der Waals surface area contributed by atoms with Gasteiger partial charge in [0, 0.05) is 6.61 Å². The van der Waals surface area contributed by atoms with Crippen LogP contribution in [0.5, 0.6) is 0 Å². The van der Waals surface area contributed by atoms with Gasteiger partial charge in [0.05, 0.1) is 11.2 Å². The van der Waals surface area contributed by atoms with Gasteiger partial charge in [-0.3, -0.25) is 0 Å². The number of aliphatic hydroxyl groups is 3. The van der Waals surface area contributed by atoms with E-state index in [-0.39, 0.29) is 6.61 Å². The van der Waals surface area contributed by atoms with E-state index in [1.807, 2.05) is 13.8 Å². The van der Waals surface area contributed by atoms with Gasteiger partial charge in [-0.05, 0) is 125 Å². The van der Waals surface area contributed by atoms with Crippen molar-refractivity contribution in [3.8, 4) is 0 Å². The summed E-state index contributed by atoms with van der Waals surface area (Å²) in [6.07, 6.45) is 14.5. The Bertz CT molecular complexity index is 694. The molecule has 0 radical (unpaired) electrons. The molecule has 4 aliphatic carbocycles. The number of hydrogen-bond acceptors (Lipinski definition) is 3. The fraction of sp³-hybridized carbons (Fsp3) is 0.929. The predicted molar refractivity (Wildman–Crippen MR) is 127 cm³/mol. The minimum absolute atomic E-state index is 0.0668. The molecule has 0 saturated heterocycles. The second-order valence-electron chi connectivity index (χ2n) is 13.1. The fourth-order valence-corrected chi connectivity index (χ4v) is 8.89. The highest BCUT2D eigenvalue weighted by atomic mass is 16.3. The molecule has 0 unspecified atom stereocenters. The first-order valence-corrected chi connectivity index (χ1v) is 13.2. The molecule has 3 heteroatoms. The summed E-state index contributed by atoms with van der Waals surface area (Å²) in [6, 6.07) is 0. The van der Waals surface area contributed by atoms with Crippen LogP contribution in [-0.4, -0.2) is 33.1 Å². The number of rotatable bonds is 6. The minimum atomic E-state index is -0.735. The van der Waals surface area contributed by atoms with Crippen LogP contribution in [-0.2, 0) is 0 Å². The quantitative estimate of drug-likeness (QED) is 0.460. The van der Waals surface area contributed by atoms with Crippen molar-refractivity contribution < 1.29 is 15.3 Å². The molecule has 3 fully saturated rings. The van der Waals surface area contributed by atoms with Crippen LogP contribution in [0.1, 0.15) is 105 Å². The Kier molecular flexibility index (Phi) is 6.24. The van der Waals surface area contributed by atoms with Crippen molar-refractivity contribution in [1.29, 1.82) is 0 Å². The van der Waals surface area contributed by atoms with E-state index in [4.69, 9.17) is 0 Å². The van der Waals surface area contributed by atoms with Gasteiger partial charge in [0.2, 0.25) is 0 Å². The molecule has 9 atom stereocenters. The largest absolute Gasteiger partial charge is 0.396 e. The first kappa shape index (κ1) is 23.8. The lowest BCUT2D eigenvalue weighted by atomic mass is 9.46. The van der Waals surface area contributed by atoms with E-state index in [1.54, 1.807) is 5.57 Å². The molecule has 0 amide bonds. The third kappa shape index (κ3) is 4.17. The molecule has 4 aliphatic rings. The lowest BCUT2D eigenvalue weighted by molar-refractivity contribution is -0.0716. The molecular weight excluding hydrogens is 384 g/mol. The summed E-state index contributed by atoms with van der Waals surface area (Å²) < 4.78 is 0. The fourth-order valence-electron chi connectivity index (χ4n) is 8.89. The Morgan fingerprint density at radius 3 is 2.52 bits per heavy atom. The van der Waals surface area contributed by atoms with Gasteiger partial charge in [0.15, 0.2) is 0 Å². The van der Waals surface area contributed by atoms with Gasteiger partial charge >= 0.3 is 0 Å². The zero-order valence-electron chi connectivity index (χ0n) is 20.8. The SMILES string of the molecule is C[C@H](CC[C@@](C)(O)CCO)[C@H]1CC[C@H]2[C@@H]3CC=C4C[C@@](C)(O)CC[C@]4(C)[C@H]3CC[C@]12C. The van der Waals surface area contributed by atoms with Gasteiger partial charge in [0.1, 0.15) is 0 Å². The van der Waals surface area contributed by atoms with E-state index in [9.17, 15) is 15.3 Å². The Morgan fingerprint density at radius 2 is 1.81 bits per heavy atom. The van der Waals surface area contributed by atoms with Crippen molar-refractivity contribution in [2.75, 3.05) is 6.61 Å². The van der Waals surface area contributed by atoms with Crippen LogP contribution in [0.2, 0.25) is 0 Å². The molecule has 0 bridgehead atoms. The summed E-state index contributed by atoms with van der Waals surface area (Å²) in [6.45, 7) is 11.5. The summed E-state index contributed by atoms with van der Waals surface area (Å²) in [5.74, 6) is 3.82. The van der Waals surface area contributed by atoms with Crippen LogP contribution < -0.4 is 0 Å². The first-order valence-electron chi connectivity index (χ1n) is 13.2. The summed E-state index contributed by atoms with van der Waals surface area (Å²) in [5, 5.41) is 30.5. The summed E-state index contributed by atoms with van der Waals surface area (Å²) in [7, 11) is 0. The van der Waals surface area contributed by atoms with Crippen molar-refractivity contribution in [2.24, 2.45) is 40.4 Å². The van der Waals surface area contributed by atoms with Crippen LogP contribution in [0.4, 0.5) is 0 Å². The maximum Gasteiger partial charge on any atom is 0.0657 e. The number of aliphatic hydroxyl groups excluding tert-OH is 1. The van der Waals surface area contributed by atoms with Crippen molar-refractivity contribution in [1.82, 2.24) is 0 Å². The summed E-state index contributed by atoms with van der Waals surface area (Å²) in [4.78, 5) is 0. The van der Waals surface area contributed by atoms with Gasteiger partial charge in [-0.2, -0.15) is 0 Å². The average molecular weight is 433 g/mol. The highest BCUT2D eigenvalue weighted by Crippen LogP contribution is 2.67. The highest BCUT2D eigenvalue weighted by Gasteiger charge is 2.59. The van der Waals surface area contributed by atoms with E-state index in [0.717, 1.165) is 55.8 Å². The molecule has 178 valence electrons. The molecule has 0 aromatic heterocycles. The molecule has 3 nitrogen and oxygen atoms in total. The van der Waals surface area contributed by atoms with E-state index < -0.39 is 11.2 Å². The van der Waals surface area contributed by atoms with Crippen LogP contribution in [0.25, 0.3) is 0 Å². The predicted octanol–water partition coefficient (Wildman–Crippen LogP) is 5.87. The molecule has 0 heterocycles. The molecule has 0 aromatic carbocycles. The van der Waals surface area contributed by atoms with Crippen molar-refractivity contribution in [2.45, 2.75) is 116 Å². The highest BCUT2D eigenvalue weighted by molar-refractivity contribution is 5.26. The maximum absolute atomic E-state index is 10.7. The lowest BCUT2D eigenvalue weighted by Crippen LogP contribution is -2.52. The molecular formula is C28H48O3. The molecule has 31 heavy (non-hydrogen) atoms. The number of fused-ring (bicyclic) bond motifs is 5. The van der Waals surface area contributed by atoms with Gasteiger partial charge in [-0.25, -0.2) is 0 Å². The minimum Gasteiger partial charge on any atom is -0.396 e. The first-order chi connectivity index (χ1) is 14.4. The maximum atomic E-state index is 10.7. The van der Waals surface area contributed by atoms with Crippen molar-refractivity contribution in [3.63, 3.8) is 0 Å². The smallest absolute Gasteiger partial charge is 0.0657 e. The Morgan fingerprint density at radius 1 is 1.06 bits per heavy atom. The monoisotopic (exact) mass is 432 g/mol. The van der Waals surface area contributed by atoms with E-state index in [1.165, 1.54) is 32.1 Å². The lowest BCUT2D eigenvalue weighted by Gasteiger charge is -2.59. The topological polar surface area (TPSA) is 60.7 Å². The van der Waals surface area contributed by atoms with Crippen molar-refractivity contribution in [3.05, 3.63) is 11.6 Å². The summed E-state index contributed by atoms with van der Waals surface area (Å²) in [5.41, 5.74) is 1.06. The van der Waals surface area contributed by atoms with E-state index in [0.29, 0.717) is 23.2 Å². The number of hydrogen-bond donors (Lipinski definition) is 3. The zero-order chi connectivity index (χ0) is 22.7. The zero-order valence-corrected chi connectivity index (χ0v) is 20.8. The van der Waals surface area contributed by atoms with E-state index in [2.05, 4.69) is 26.8 Å². The third-order valence-corrected chi connectivity index (χ3v) is 10.9. The molecule has 0 aliphatic heterocycles. The van der Waals surface area contributed by atoms with Gasteiger partial charge < -0.3 is 15.3 Å². The second-order valence-corrected chi connectivity index (χ2v) is 13.1. The van der Waals surface area contributed by atoms with Gasteiger partial charge in [0.25, 0.3) is 0 Å². The Labute approximate surface area is 190 Å². The average Bonchev–Trinajstić information content (AvgIpc) is 3.04. The van der Waals surface area contributed by atoms with Crippen molar-refractivity contribution >= 4 is 0 Å². The van der Waals surface area contributed by atoms with Crippen LogP contribution in [0.15, 0.2) is 11.6 Å². The molecule has 0 spiro atoms. The molecule has 3 saturated carbocycles. The summed E-state index contributed by atoms with van der Waals surface area (Å²) >= 11 is 0. The molecule has 0 aromatic rings. The molecule has 3 N–H and O–H groups in total. The standard InChI is InChI=1S/C28H48O3/c1-19(10-12-25(2,30)16-17-29)22-8-9-23-21-7-6-20-18-26(3,31)14-15-27(20,4)24(21)11-13-28(22,23)5/h6,19,21-24,29-31H,7-18H2,1-5H3/t19-,21+,22-,23+,24+,25-,26+,27+,28-/m1/s1. The van der Waals surface area contributed by atoms with Gasteiger partial charge in [-0.1, -0.05) is 32.4 Å². The van der Waals surface area contributed by atoms with Crippen LogP contribution in [0.3, 0.4) is 0 Å². The number of allylic oxidation sites excluding steroid dienone is 1. The van der Waals surface area contributed by atoms with Gasteiger partial charge in [-0.15, -0.1) is 0 Å². The van der Waals surface area contributed by atoms with Crippen LogP contribution >= 0.6 is 0 Å². The molecule has 4 rings (SSSR count). The second kappa shape index (κ2) is 8.13. The van der Waals surface area contributed by atoms with E-state index >= 15 is 0 Å². The normalized spacial score (nSPS) is 47.5. The third-order valence-electron chi connectivity index (χ3n) is 10.9. The van der Waals surface area contributed by atoms with Crippen LogP contribution in [0, 0.1) is 40.4 Å².